The number of carbonyl (C=O) groups excluding carboxylic acids is 1. The van der Waals surface area contributed by atoms with Gasteiger partial charge in [0.2, 0.25) is 5.91 Å². The number of carbonyl (C=O) groups is 1. The first-order chi connectivity index (χ1) is 15.3. The Kier molecular flexibility index (Phi) is 4.37. The molecule has 1 unspecified atom stereocenters. The van der Waals surface area contributed by atoms with Crippen LogP contribution < -0.4 is 0 Å². The minimum absolute atomic E-state index is 0.305. The van der Waals surface area contributed by atoms with Crippen LogP contribution in [0, 0.1) is 11.8 Å². The molecular formula is C25H25N5O. The lowest BCUT2D eigenvalue weighted by Crippen LogP contribution is -2.30. The van der Waals surface area contributed by atoms with Gasteiger partial charge < -0.3 is 14.5 Å². The maximum atomic E-state index is 12.3. The molecule has 1 aliphatic carbocycles. The summed E-state index contributed by atoms with van der Waals surface area (Å²) in [6.45, 7) is 2.59. The van der Waals surface area contributed by atoms with E-state index >= 15 is 0 Å². The Morgan fingerprint density at radius 2 is 1.87 bits per heavy atom. The third-order valence-electron chi connectivity index (χ3n) is 6.64. The number of H-pyrrole nitrogens is 1. The molecule has 0 spiro atoms. The fourth-order valence-corrected chi connectivity index (χ4v) is 4.80. The molecule has 2 aromatic carbocycles. The number of aromatic amines is 1. The number of hydrogen-bond acceptors (Lipinski definition) is 3. The first-order valence-electron chi connectivity index (χ1n) is 11.1. The van der Waals surface area contributed by atoms with Gasteiger partial charge in [0.25, 0.3) is 0 Å². The van der Waals surface area contributed by atoms with Crippen molar-refractivity contribution in [3.63, 3.8) is 0 Å². The van der Waals surface area contributed by atoms with Gasteiger partial charge in [0, 0.05) is 48.2 Å². The summed E-state index contributed by atoms with van der Waals surface area (Å²) in [5.41, 5.74) is 4.61. The Labute approximate surface area is 180 Å². The Balaban J connectivity index is 1.20. The van der Waals surface area contributed by atoms with Crippen LogP contribution in [0.15, 0.2) is 61.1 Å². The van der Waals surface area contributed by atoms with Gasteiger partial charge in [-0.1, -0.05) is 36.4 Å². The van der Waals surface area contributed by atoms with Crippen LogP contribution in [0.1, 0.15) is 19.3 Å². The predicted molar refractivity (Wildman–Crippen MR) is 120 cm³/mol. The monoisotopic (exact) mass is 411 g/mol. The van der Waals surface area contributed by atoms with E-state index in [-0.39, 0.29) is 0 Å². The number of benzene rings is 2. The van der Waals surface area contributed by atoms with Gasteiger partial charge in [0.15, 0.2) is 5.82 Å². The fourth-order valence-electron chi connectivity index (χ4n) is 4.80. The van der Waals surface area contributed by atoms with Crippen molar-refractivity contribution in [1.29, 1.82) is 0 Å². The molecule has 3 heterocycles. The number of hydrogen-bond donors (Lipinski definition) is 1. The zero-order chi connectivity index (χ0) is 20.8. The second-order valence-electron chi connectivity index (χ2n) is 8.84. The highest BCUT2D eigenvalue weighted by atomic mass is 16.2. The quantitative estimate of drug-likeness (QED) is 0.531. The van der Waals surface area contributed by atoms with Crippen molar-refractivity contribution in [2.24, 2.45) is 11.8 Å². The molecule has 6 heteroatoms. The van der Waals surface area contributed by atoms with Crippen LogP contribution >= 0.6 is 0 Å². The molecule has 1 saturated heterocycles. The molecule has 1 N–H and O–H groups in total. The van der Waals surface area contributed by atoms with E-state index in [1.165, 1.54) is 16.5 Å². The zero-order valence-corrected chi connectivity index (χ0v) is 17.4. The van der Waals surface area contributed by atoms with Crippen LogP contribution in [-0.4, -0.2) is 43.6 Å². The maximum absolute atomic E-state index is 12.3. The van der Waals surface area contributed by atoms with Crippen molar-refractivity contribution in [2.75, 3.05) is 13.1 Å². The van der Waals surface area contributed by atoms with Crippen molar-refractivity contribution < 1.29 is 4.79 Å². The van der Waals surface area contributed by atoms with Gasteiger partial charge in [-0.2, -0.15) is 0 Å². The van der Waals surface area contributed by atoms with Crippen LogP contribution in [0.3, 0.4) is 0 Å². The van der Waals surface area contributed by atoms with E-state index in [2.05, 4.69) is 73.2 Å². The molecule has 2 aromatic heterocycles. The van der Waals surface area contributed by atoms with Crippen molar-refractivity contribution in [3.05, 3.63) is 61.1 Å². The first kappa shape index (κ1) is 18.4. The second kappa shape index (κ2) is 7.38. The Hall–Kier alpha value is -3.41. The topological polar surface area (TPSA) is 66.8 Å². The number of fused-ring (bicyclic) bond motifs is 1. The van der Waals surface area contributed by atoms with Gasteiger partial charge >= 0.3 is 0 Å². The number of rotatable bonds is 5. The van der Waals surface area contributed by atoms with Gasteiger partial charge in [-0.3, -0.25) is 4.79 Å². The Morgan fingerprint density at radius 3 is 2.71 bits per heavy atom. The van der Waals surface area contributed by atoms with E-state index in [4.69, 9.17) is 0 Å². The SMILES string of the molecule is O=C(C1CC1)N1CCC(Cn2cnnc2-c2ccc(-c3cccc4[nH]ccc34)cc2)C1. The van der Waals surface area contributed by atoms with Crippen molar-refractivity contribution >= 4 is 16.8 Å². The molecule has 2 fully saturated rings. The Morgan fingerprint density at radius 1 is 1.03 bits per heavy atom. The summed E-state index contributed by atoms with van der Waals surface area (Å²) >= 11 is 0. The normalized spacial score (nSPS) is 18.7. The highest BCUT2D eigenvalue weighted by Gasteiger charge is 2.36. The summed E-state index contributed by atoms with van der Waals surface area (Å²) in [5, 5.41) is 9.79. The Bertz CT molecular complexity index is 1230. The van der Waals surface area contributed by atoms with E-state index in [1.807, 2.05) is 12.5 Å². The lowest BCUT2D eigenvalue weighted by atomic mass is 10.0. The van der Waals surface area contributed by atoms with Gasteiger partial charge in [-0.05, 0) is 48.4 Å². The van der Waals surface area contributed by atoms with Gasteiger partial charge in [0.05, 0.1) is 0 Å². The third kappa shape index (κ3) is 3.42. The molecule has 1 aliphatic heterocycles. The zero-order valence-electron chi connectivity index (χ0n) is 17.4. The van der Waals surface area contributed by atoms with E-state index in [0.29, 0.717) is 17.7 Å². The summed E-state index contributed by atoms with van der Waals surface area (Å²) in [5.74, 6) is 2.01. The molecule has 31 heavy (non-hydrogen) atoms. The molecule has 6 nitrogen and oxygen atoms in total. The van der Waals surface area contributed by atoms with E-state index < -0.39 is 0 Å². The summed E-state index contributed by atoms with van der Waals surface area (Å²) in [7, 11) is 0. The van der Waals surface area contributed by atoms with Gasteiger partial charge in [-0.15, -0.1) is 10.2 Å². The van der Waals surface area contributed by atoms with Crippen molar-refractivity contribution in [2.45, 2.75) is 25.8 Å². The smallest absolute Gasteiger partial charge is 0.225 e. The second-order valence-corrected chi connectivity index (χ2v) is 8.84. The molecule has 1 amide bonds. The maximum Gasteiger partial charge on any atom is 0.225 e. The summed E-state index contributed by atoms with van der Waals surface area (Å²) in [4.78, 5) is 17.7. The number of nitrogens with one attached hydrogen (secondary N) is 1. The number of likely N-dealkylation sites (tertiary alicyclic amines) is 1. The van der Waals surface area contributed by atoms with Gasteiger partial charge in [0.1, 0.15) is 6.33 Å². The largest absolute Gasteiger partial charge is 0.361 e. The molecule has 0 radical (unpaired) electrons. The number of nitrogens with zero attached hydrogens (tertiary/aromatic N) is 4. The molecular weight excluding hydrogens is 386 g/mol. The molecule has 2 aliphatic rings. The average Bonchev–Trinajstić information content (AvgIpc) is 3.17. The molecule has 4 aromatic rings. The summed E-state index contributed by atoms with van der Waals surface area (Å²) in [6, 6.07) is 17.0. The summed E-state index contributed by atoms with van der Waals surface area (Å²) in [6.07, 6.45) is 6.99. The van der Waals surface area contributed by atoms with Gasteiger partial charge in [-0.25, -0.2) is 0 Å². The van der Waals surface area contributed by atoms with Crippen LogP contribution in [0.4, 0.5) is 0 Å². The predicted octanol–water partition coefficient (Wildman–Crippen LogP) is 4.35. The number of amides is 1. The minimum atomic E-state index is 0.305. The first-order valence-corrected chi connectivity index (χ1v) is 11.1. The standard InChI is InChI=1S/C25H25N5O/c31-25(20-8-9-20)29-13-11-17(14-29)15-30-16-27-28-24(30)19-6-4-18(5-7-19)21-2-1-3-23-22(21)10-12-26-23/h1-7,10,12,16-17,20,26H,8-9,11,13-15H2. The lowest BCUT2D eigenvalue weighted by molar-refractivity contribution is -0.131. The highest BCUT2D eigenvalue weighted by molar-refractivity contribution is 5.95. The molecule has 0 bridgehead atoms. The molecule has 1 atom stereocenters. The van der Waals surface area contributed by atoms with Crippen molar-refractivity contribution in [3.8, 4) is 22.5 Å². The molecule has 6 rings (SSSR count). The van der Waals surface area contributed by atoms with E-state index in [1.54, 1.807) is 0 Å². The summed E-state index contributed by atoms with van der Waals surface area (Å²) < 4.78 is 2.14. The minimum Gasteiger partial charge on any atom is -0.361 e. The third-order valence-corrected chi connectivity index (χ3v) is 6.64. The fraction of sp³-hybridized carbons (Fsp3) is 0.320. The van der Waals surface area contributed by atoms with Crippen LogP contribution in [0.5, 0.6) is 0 Å². The average molecular weight is 412 g/mol. The van der Waals surface area contributed by atoms with Crippen LogP contribution in [0.2, 0.25) is 0 Å². The van der Waals surface area contributed by atoms with Crippen molar-refractivity contribution in [1.82, 2.24) is 24.6 Å². The highest BCUT2D eigenvalue weighted by Crippen LogP contribution is 2.34. The van der Waals surface area contributed by atoms with Crippen LogP contribution in [-0.2, 0) is 11.3 Å². The molecule has 156 valence electrons. The number of aromatic nitrogens is 4. The molecule has 1 saturated carbocycles. The van der Waals surface area contributed by atoms with Crippen LogP contribution in [0.25, 0.3) is 33.4 Å². The van der Waals surface area contributed by atoms with E-state index in [0.717, 1.165) is 55.8 Å². The van der Waals surface area contributed by atoms with E-state index in [9.17, 15) is 4.79 Å². The lowest BCUT2D eigenvalue weighted by Gasteiger charge is -2.17.